The lowest BCUT2D eigenvalue weighted by molar-refractivity contribution is 0.825. The Hall–Kier alpha value is -3.80. The van der Waals surface area contributed by atoms with Crippen LogP contribution in [0.15, 0.2) is 73.1 Å². The van der Waals surface area contributed by atoms with Gasteiger partial charge in [-0.25, -0.2) is 4.68 Å². The summed E-state index contributed by atoms with van der Waals surface area (Å²) in [6.45, 7) is 0. The van der Waals surface area contributed by atoms with E-state index in [0.29, 0.717) is 0 Å². The molecular weight excluding hydrogens is 345 g/mol. The number of rotatable bonds is 1. The standard InChI is InChI=1S/C22H14BN5/c23-13-5-7-15-16-8-6-14(28-20-4-2-1-3-19(20)26-27-28)12-18(16)22-21(17(15)11-13)24-9-10-25-22/h1-12H,23H2. The SMILES string of the molecule is Bc1ccc2c3ccc(-n4nnc5ccccc54)cc3c3nccnc3c2c1. The molecule has 0 N–H and O–H groups in total. The van der Waals surface area contributed by atoms with E-state index >= 15 is 0 Å². The van der Waals surface area contributed by atoms with Gasteiger partial charge in [0.25, 0.3) is 0 Å². The Balaban J connectivity index is 1.75. The van der Waals surface area contributed by atoms with Crippen molar-refractivity contribution in [2.75, 3.05) is 0 Å². The molecule has 6 heteroatoms. The zero-order valence-corrected chi connectivity index (χ0v) is 15.2. The van der Waals surface area contributed by atoms with Crippen LogP contribution in [0.1, 0.15) is 0 Å². The van der Waals surface area contributed by atoms with E-state index in [-0.39, 0.29) is 0 Å². The molecule has 2 aromatic heterocycles. The average Bonchev–Trinajstić information content (AvgIpc) is 3.18. The largest absolute Gasteiger partial charge is 0.252 e. The highest BCUT2D eigenvalue weighted by Crippen LogP contribution is 2.33. The maximum atomic E-state index is 4.67. The maximum absolute atomic E-state index is 4.67. The number of hydrogen-bond donors (Lipinski definition) is 0. The van der Waals surface area contributed by atoms with Crippen LogP contribution in [0.4, 0.5) is 0 Å². The molecule has 2 heterocycles. The first-order chi connectivity index (χ1) is 13.8. The second-order valence-corrected chi connectivity index (χ2v) is 7.02. The number of benzene rings is 4. The number of nitrogens with zero attached hydrogens (tertiary/aromatic N) is 5. The predicted octanol–water partition coefficient (Wildman–Crippen LogP) is 2.93. The summed E-state index contributed by atoms with van der Waals surface area (Å²) < 4.78 is 1.87. The molecule has 4 aromatic carbocycles. The fourth-order valence-electron chi connectivity index (χ4n) is 3.98. The molecule has 0 aliphatic carbocycles. The maximum Gasteiger partial charge on any atom is 0.139 e. The van der Waals surface area contributed by atoms with Gasteiger partial charge in [-0.3, -0.25) is 9.97 Å². The number of fused-ring (bicyclic) bond motifs is 7. The second kappa shape index (κ2) is 5.60. The molecule has 0 aliphatic rings. The molecule has 0 bridgehead atoms. The highest BCUT2D eigenvalue weighted by molar-refractivity contribution is 6.35. The molecule has 0 spiro atoms. The third kappa shape index (κ3) is 2.08. The van der Waals surface area contributed by atoms with E-state index < -0.39 is 0 Å². The summed E-state index contributed by atoms with van der Waals surface area (Å²) in [7, 11) is 2.10. The molecule has 0 unspecified atom stereocenters. The summed E-state index contributed by atoms with van der Waals surface area (Å²) in [6.07, 6.45) is 3.51. The first-order valence-electron chi connectivity index (χ1n) is 9.17. The molecule has 0 aliphatic heterocycles. The minimum atomic E-state index is 0.876. The molecule has 0 amide bonds. The van der Waals surface area contributed by atoms with Crippen LogP contribution in [0.5, 0.6) is 0 Å². The first-order valence-corrected chi connectivity index (χ1v) is 9.17. The van der Waals surface area contributed by atoms with Gasteiger partial charge < -0.3 is 0 Å². The smallest absolute Gasteiger partial charge is 0.139 e. The quantitative estimate of drug-likeness (QED) is 0.335. The Morgan fingerprint density at radius 1 is 0.714 bits per heavy atom. The van der Waals surface area contributed by atoms with Crippen LogP contribution >= 0.6 is 0 Å². The predicted molar refractivity (Wildman–Crippen MR) is 115 cm³/mol. The first kappa shape index (κ1) is 15.3. The Morgan fingerprint density at radius 3 is 2.25 bits per heavy atom. The van der Waals surface area contributed by atoms with E-state index in [0.717, 1.165) is 43.9 Å². The third-order valence-electron chi connectivity index (χ3n) is 5.27. The third-order valence-corrected chi connectivity index (χ3v) is 5.27. The van der Waals surface area contributed by atoms with E-state index in [4.69, 9.17) is 0 Å². The number of para-hydroxylation sites is 1. The molecule has 5 nitrogen and oxygen atoms in total. The summed E-state index contributed by atoms with van der Waals surface area (Å²) in [5, 5.41) is 13.2. The lowest BCUT2D eigenvalue weighted by Crippen LogP contribution is -2.01. The van der Waals surface area contributed by atoms with E-state index in [1.807, 2.05) is 28.9 Å². The molecular formula is C22H14BN5. The van der Waals surface area contributed by atoms with Crippen LogP contribution in [0.2, 0.25) is 0 Å². The van der Waals surface area contributed by atoms with Crippen molar-refractivity contribution < 1.29 is 0 Å². The molecule has 6 aromatic rings. The van der Waals surface area contributed by atoms with Crippen molar-refractivity contribution in [3.8, 4) is 5.69 Å². The summed E-state index contributed by atoms with van der Waals surface area (Å²) in [4.78, 5) is 9.31. The summed E-state index contributed by atoms with van der Waals surface area (Å²) in [6, 6.07) is 20.8. The van der Waals surface area contributed by atoms with Gasteiger partial charge in [-0.15, -0.1) is 5.10 Å². The van der Waals surface area contributed by atoms with Gasteiger partial charge in [0.1, 0.15) is 13.4 Å². The molecule has 0 atom stereocenters. The van der Waals surface area contributed by atoms with E-state index in [1.165, 1.54) is 10.8 Å². The molecule has 28 heavy (non-hydrogen) atoms. The zero-order chi connectivity index (χ0) is 18.7. The summed E-state index contributed by atoms with van der Waals surface area (Å²) >= 11 is 0. The van der Waals surface area contributed by atoms with Crippen LogP contribution in [-0.4, -0.2) is 32.8 Å². The molecule has 0 radical (unpaired) electrons. The van der Waals surface area contributed by atoms with Crippen LogP contribution in [0.25, 0.3) is 49.3 Å². The molecule has 0 saturated heterocycles. The van der Waals surface area contributed by atoms with Crippen molar-refractivity contribution in [1.29, 1.82) is 0 Å². The topological polar surface area (TPSA) is 56.5 Å². The lowest BCUT2D eigenvalue weighted by Gasteiger charge is -2.11. The normalized spacial score (nSPS) is 11.7. The number of aromatic nitrogens is 5. The lowest BCUT2D eigenvalue weighted by atomic mass is 9.91. The van der Waals surface area contributed by atoms with Gasteiger partial charge in [0, 0.05) is 23.2 Å². The minimum absolute atomic E-state index is 0.876. The van der Waals surface area contributed by atoms with Crippen molar-refractivity contribution in [2.24, 2.45) is 0 Å². The van der Waals surface area contributed by atoms with Gasteiger partial charge in [0.15, 0.2) is 0 Å². The van der Waals surface area contributed by atoms with Crippen molar-refractivity contribution >= 4 is 56.9 Å². The Kier molecular flexibility index (Phi) is 3.06. The Labute approximate surface area is 161 Å². The van der Waals surface area contributed by atoms with Crippen molar-refractivity contribution in [2.45, 2.75) is 0 Å². The molecule has 130 valence electrons. The second-order valence-electron chi connectivity index (χ2n) is 7.02. The van der Waals surface area contributed by atoms with Gasteiger partial charge in [-0.2, -0.15) is 0 Å². The summed E-state index contributed by atoms with van der Waals surface area (Å²) in [5.41, 5.74) is 5.86. The van der Waals surface area contributed by atoms with Gasteiger partial charge in [-0.1, -0.05) is 47.1 Å². The average molecular weight is 359 g/mol. The van der Waals surface area contributed by atoms with E-state index in [1.54, 1.807) is 12.4 Å². The molecule has 6 rings (SSSR count). The minimum Gasteiger partial charge on any atom is -0.252 e. The molecule has 0 fully saturated rings. The molecule has 0 saturated carbocycles. The van der Waals surface area contributed by atoms with Crippen molar-refractivity contribution in [1.82, 2.24) is 25.0 Å². The number of hydrogen-bond acceptors (Lipinski definition) is 4. The van der Waals surface area contributed by atoms with Gasteiger partial charge in [0.05, 0.1) is 22.2 Å². The fraction of sp³-hybridized carbons (Fsp3) is 0. The highest BCUT2D eigenvalue weighted by Gasteiger charge is 2.13. The zero-order valence-electron chi connectivity index (χ0n) is 15.2. The van der Waals surface area contributed by atoms with Gasteiger partial charge in [-0.05, 0) is 35.0 Å². The fourth-order valence-corrected chi connectivity index (χ4v) is 3.98. The van der Waals surface area contributed by atoms with Crippen LogP contribution < -0.4 is 5.46 Å². The van der Waals surface area contributed by atoms with Gasteiger partial charge in [0.2, 0.25) is 0 Å². The van der Waals surface area contributed by atoms with Crippen molar-refractivity contribution in [3.63, 3.8) is 0 Å². The van der Waals surface area contributed by atoms with E-state index in [9.17, 15) is 0 Å². The summed E-state index contributed by atoms with van der Waals surface area (Å²) in [5.74, 6) is 0. The Bertz CT molecular complexity index is 1520. The van der Waals surface area contributed by atoms with Crippen LogP contribution in [0, 0.1) is 0 Å². The van der Waals surface area contributed by atoms with Crippen LogP contribution in [0.3, 0.4) is 0 Å². The Morgan fingerprint density at radius 2 is 1.43 bits per heavy atom. The van der Waals surface area contributed by atoms with E-state index in [2.05, 4.69) is 64.5 Å². The van der Waals surface area contributed by atoms with Gasteiger partial charge >= 0.3 is 0 Å². The monoisotopic (exact) mass is 359 g/mol. The highest BCUT2D eigenvalue weighted by atomic mass is 15.4. The van der Waals surface area contributed by atoms with Crippen molar-refractivity contribution in [3.05, 3.63) is 73.1 Å². The van der Waals surface area contributed by atoms with Crippen LogP contribution in [-0.2, 0) is 0 Å².